The van der Waals surface area contributed by atoms with Gasteiger partial charge in [-0.15, -0.1) is 0 Å². The minimum Gasteiger partial charge on any atom is -0.453 e. The molecule has 0 saturated carbocycles. The van der Waals surface area contributed by atoms with Crippen molar-refractivity contribution >= 4 is 17.9 Å². The predicted octanol–water partition coefficient (Wildman–Crippen LogP) is 3.64. The van der Waals surface area contributed by atoms with Gasteiger partial charge in [-0.2, -0.15) is 10.2 Å². The largest absolute Gasteiger partial charge is 0.453 e. The summed E-state index contributed by atoms with van der Waals surface area (Å²) in [5.41, 5.74) is 1.73. The zero-order chi connectivity index (χ0) is 25.6. The van der Waals surface area contributed by atoms with Crippen LogP contribution in [0.25, 0.3) is 11.1 Å². The van der Waals surface area contributed by atoms with Crippen molar-refractivity contribution in [2.24, 2.45) is 0 Å². The Morgan fingerprint density at radius 3 is 2.46 bits per heavy atom. The first-order valence-electron chi connectivity index (χ1n) is 11.1. The minimum atomic E-state index is -0.657. The molecule has 0 aliphatic rings. The number of nitrogens with one attached hydrogen (secondary N) is 3. The van der Waals surface area contributed by atoms with Gasteiger partial charge in [-0.3, -0.25) is 14.8 Å². The van der Waals surface area contributed by atoms with Crippen molar-refractivity contribution in [3.05, 3.63) is 64.3 Å². The Labute approximate surface area is 202 Å². The van der Waals surface area contributed by atoms with Crippen LogP contribution in [0.3, 0.4) is 0 Å². The first kappa shape index (κ1) is 25.5. The second-order valence-electron chi connectivity index (χ2n) is 8.80. The van der Waals surface area contributed by atoms with Crippen LogP contribution < -0.4 is 16.2 Å². The highest BCUT2D eigenvalue weighted by molar-refractivity contribution is 5.85. The Kier molecular flexibility index (Phi) is 7.90. The molecule has 3 aromatic rings. The van der Waals surface area contributed by atoms with Gasteiger partial charge < -0.3 is 14.8 Å². The van der Waals surface area contributed by atoms with Gasteiger partial charge in [-0.1, -0.05) is 12.1 Å². The molecule has 0 aliphatic heterocycles. The fourth-order valence-corrected chi connectivity index (χ4v) is 3.30. The molecule has 11 heteroatoms. The molecule has 1 unspecified atom stereocenters. The average molecular weight is 483 g/mol. The number of carbonyl (C=O) groups is 2. The van der Waals surface area contributed by atoms with Crippen LogP contribution in [0.4, 0.5) is 15.3 Å². The number of hydrogen-bond acceptors (Lipinski definition) is 7. The fourth-order valence-electron chi connectivity index (χ4n) is 3.30. The summed E-state index contributed by atoms with van der Waals surface area (Å²) in [7, 11) is 1.28. The van der Waals surface area contributed by atoms with Crippen molar-refractivity contribution in [3.8, 4) is 11.1 Å². The first-order valence-corrected chi connectivity index (χ1v) is 11.1. The van der Waals surface area contributed by atoms with Crippen molar-refractivity contribution in [1.82, 2.24) is 25.3 Å². The van der Waals surface area contributed by atoms with Crippen molar-refractivity contribution in [2.45, 2.75) is 52.3 Å². The van der Waals surface area contributed by atoms with Gasteiger partial charge in [0.1, 0.15) is 5.60 Å². The summed E-state index contributed by atoms with van der Waals surface area (Å²) in [6, 6.07) is 9.70. The van der Waals surface area contributed by atoms with E-state index >= 15 is 0 Å². The van der Waals surface area contributed by atoms with Crippen LogP contribution in [-0.4, -0.2) is 44.9 Å². The number of rotatable bonds is 7. The average Bonchev–Trinajstić information content (AvgIpc) is 3.28. The number of aryl methyl sites for hydroxylation is 1. The van der Waals surface area contributed by atoms with Crippen LogP contribution in [0, 0.1) is 0 Å². The maximum absolute atomic E-state index is 12.5. The van der Waals surface area contributed by atoms with Crippen LogP contribution >= 0.6 is 0 Å². The van der Waals surface area contributed by atoms with Crippen LogP contribution in [0.1, 0.15) is 45.1 Å². The molecule has 2 heterocycles. The molecule has 0 saturated heterocycles. The van der Waals surface area contributed by atoms with Crippen LogP contribution in [0.5, 0.6) is 0 Å². The molecule has 11 nitrogen and oxygen atoms in total. The summed E-state index contributed by atoms with van der Waals surface area (Å²) in [6.07, 6.45) is 0.934. The van der Waals surface area contributed by atoms with Crippen molar-refractivity contribution in [3.63, 3.8) is 0 Å². The third-order valence-corrected chi connectivity index (χ3v) is 4.93. The van der Waals surface area contributed by atoms with Gasteiger partial charge in [-0.05, 0) is 57.5 Å². The summed E-state index contributed by atoms with van der Waals surface area (Å²) in [6.45, 7) is 8.01. The molecular formula is C24H30N6O5. The van der Waals surface area contributed by atoms with Gasteiger partial charge in [0.2, 0.25) is 0 Å². The van der Waals surface area contributed by atoms with E-state index in [4.69, 9.17) is 4.74 Å². The number of methoxy groups -OCH3 is 1. The highest BCUT2D eigenvalue weighted by Gasteiger charge is 2.23. The normalized spacial score (nSPS) is 12.0. The lowest BCUT2D eigenvalue weighted by Gasteiger charge is -2.23. The summed E-state index contributed by atoms with van der Waals surface area (Å²) in [5, 5.41) is 16.6. The minimum absolute atomic E-state index is 0.270. The van der Waals surface area contributed by atoms with E-state index < -0.39 is 23.8 Å². The van der Waals surface area contributed by atoms with E-state index in [2.05, 4.69) is 30.7 Å². The Hall–Kier alpha value is -4.15. The molecule has 35 heavy (non-hydrogen) atoms. The molecule has 3 rings (SSSR count). The third kappa shape index (κ3) is 7.16. The quantitative estimate of drug-likeness (QED) is 0.467. The van der Waals surface area contributed by atoms with E-state index in [9.17, 15) is 14.4 Å². The number of amides is 2. The lowest BCUT2D eigenvalue weighted by Crippen LogP contribution is -2.36. The molecule has 3 N–H and O–H groups in total. The zero-order valence-corrected chi connectivity index (χ0v) is 20.4. The van der Waals surface area contributed by atoms with Crippen LogP contribution in [-0.2, 0) is 22.4 Å². The van der Waals surface area contributed by atoms with Crippen molar-refractivity contribution in [2.75, 3.05) is 12.4 Å². The summed E-state index contributed by atoms with van der Waals surface area (Å²) < 4.78 is 11.8. The van der Waals surface area contributed by atoms with E-state index in [0.717, 1.165) is 0 Å². The number of carbonyl (C=O) groups excluding carboxylic acids is 2. The summed E-state index contributed by atoms with van der Waals surface area (Å²) >= 11 is 0. The Morgan fingerprint density at radius 2 is 1.86 bits per heavy atom. The Balaban J connectivity index is 1.86. The van der Waals surface area contributed by atoms with Crippen molar-refractivity contribution < 1.29 is 19.1 Å². The second-order valence-corrected chi connectivity index (χ2v) is 8.80. The van der Waals surface area contributed by atoms with Gasteiger partial charge in [0.05, 0.1) is 30.1 Å². The molecule has 0 aliphatic carbocycles. The SMILES string of the molecule is CCn1ccc(C(Cc2cc(-c3ccc(NC(=O)OC)cc3)c(=O)[nH]n2)NC(=O)OC(C)(C)C)n1. The molecular weight excluding hydrogens is 452 g/mol. The van der Waals surface area contributed by atoms with Gasteiger partial charge in [-0.25, -0.2) is 14.7 Å². The lowest BCUT2D eigenvalue weighted by atomic mass is 10.0. The second kappa shape index (κ2) is 10.9. The standard InChI is InChI=1S/C24H30N6O5/c1-6-30-12-11-19(29-30)20(26-23(33)35-24(2,3)4)14-17-13-18(21(31)28-27-17)15-7-9-16(10-8-15)25-22(32)34-5/h7-13,20H,6,14H2,1-5H3,(H,25,32)(H,26,33)(H,28,31). The molecule has 1 atom stereocenters. The van der Waals surface area contributed by atoms with Crippen molar-refractivity contribution in [1.29, 1.82) is 0 Å². The van der Waals surface area contributed by atoms with Crippen LogP contribution in [0.2, 0.25) is 0 Å². The number of aromatic nitrogens is 4. The number of alkyl carbamates (subject to hydrolysis) is 1. The van der Waals surface area contributed by atoms with E-state index in [1.54, 1.807) is 55.8 Å². The zero-order valence-electron chi connectivity index (χ0n) is 20.4. The molecule has 2 amide bonds. The lowest BCUT2D eigenvalue weighted by molar-refractivity contribution is 0.0501. The van der Waals surface area contributed by atoms with Gasteiger partial charge in [0.15, 0.2) is 0 Å². The highest BCUT2D eigenvalue weighted by atomic mass is 16.6. The monoisotopic (exact) mass is 482 g/mol. The number of H-pyrrole nitrogens is 1. The number of ether oxygens (including phenoxy) is 2. The Bertz CT molecular complexity index is 1230. The van der Waals surface area contributed by atoms with E-state index in [1.807, 2.05) is 19.2 Å². The Morgan fingerprint density at radius 1 is 1.14 bits per heavy atom. The fraction of sp³-hybridized carbons (Fsp3) is 0.375. The van der Waals surface area contributed by atoms with Gasteiger partial charge in [0, 0.05) is 24.8 Å². The highest BCUT2D eigenvalue weighted by Crippen LogP contribution is 2.22. The van der Waals surface area contributed by atoms with Gasteiger partial charge >= 0.3 is 12.2 Å². The topological polar surface area (TPSA) is 140 Å². The molecule has 2 aromatic heterocycles. The smallest absolute Gasteiger partial charge is 0.411 e. The number of hydrogen-bond donors (Lipinski definition) is 3. The van der Waals surface area contributed by atoms with Gasteiger partial charge in [0.25, 0.3) is 5.56 Å². The van der Waals surface area contributed by atoms with E-state index in [-0.39, 0.29) is 12.0 Å². The predicted molar refractivity (Wildman–Crippen MR) is 130 cm³/mol. The molecule has 0 fully saturated rings. The molecule has 0 radical (unpaired) electrons. The number of anilines is 1. The number of nitrogens with zero attached hydrogens (tertiary/aromatic N) is 3. The van der Waals surface area contributed by atoms with E-state index in [0.29, 0.717) is 34.7 Å². The first-order chi connectivity index (χ1) is 16.6. The molecule has 0 bridgehead atoms. The summed E-state index contributed by atoms with van der Waals surface area (Å²) in [5.74, 6) is 0. The molecule has 0 spiro atoms. The number of benzene rings is 1. The van der Waals surface area contributed by atoms with E-state index in [1.165, 1.54) is 7.11 Å². The maximum Gasteiger partial charge on any atom is 0.411 e. The number of aromatic amines is 1. The third-order valence-electron chi connectivity index (χ3n) is 4.93. The molecule has 1 aromatic carbocycles. The molecule has 186 valence electrons. The summed E-state index contributed by atoms with van der Waals surface area (Å²) in [4.78, 5) is 36.4. The maximum atomic E-state index is 12.5. The van der Waals surface area contributed by atoms with Crippen LogP contribution in [0.15, 0.2) is 47.4 Å².